The molecule has 1 saturated carbocycles. The fourth-order valence-corrected chi connectivity index (χ4v) is 2.46. The van der Waals surface area contributed by atoms with Gasteiger partial charge in [-0.1, -0.05) is 29.4 Å². The molecule has 3 rings (SSSR count). The maximum Gasteiger partial charge on any atom is 0.387 e. The number of amides is 1. The highest BCUT2D eigenvalue weighted by Gasteiger charge is 2.26. The van der Waals surface area contributed by atoms with Gasteiger partial charge in [-0.05, 0) is 42.5 Å². The number of oxime groups is 1. The van der Waals surface area contributed by atoms with Crippen LogP contribution in [0.3, 0.4) is 0 Å². The number of carbonyl (C=O) groups excluding carboxylic acids is 1. The first kappa shape index (κ1) is 20.6. The molecule has 0 unspecified atom stereocenters. The van der Waals surface area contributed by atoms with E-state index in [-0.39, 0.29) is 18.9 Å². The third kappa shape index (κ3) is 5.94. The first-order valence-corrected chi connectivity index (χ1v) is 8.82. The predicted molar refractivity (Wildman–Crippen MR) is 95.3 cm³/mol. The molecule has 0 saturated heterocycles. The Morgan fingerprint density at radius 3 is 2.69 bits per heavy atom. The molecular weight excluding hydrogens is 392 g/mol. The van der Waals surface area contributed by atoms with Crippen LogP contribution in [0.25, 0.3) is 0 Å². The number of carbonyl (C=O) groups is 1. The van der Waals surface area contributed by atoms with Crippen molar-refractivity contribution in [1.82, 2.24) is 5.32 Å². The summed E-state index contributed by atoms with van der Waals surface area (Å²) in [6.07, 6.45) is 1.73. The molecule has 0 atom stereocenters. The number of nitrogens with zero attached hydrogens (tertiary/aromatic N) is 1. The van der Waals surface area contributed by atoms with Crippen molar-refractivity contribution < 1.29 is 31.9 Å². The summed E-state index contributed by atoms with van der Waals surface area (Å²) in [6.45, 7) is -3.09. The van der Waals surface area contributed by atoms with E-state index in [2.05, 4.69) is 21.3 Å². The Morgan fingerprint density at radius 1 is 1.24 bits per heavy atom. The molecule has 9 heteroatoms. The van der Waals surface area contributed by atoms with Gasteiger partial charge in [-0.2, -0.15) is 8.78 Å². The van der Waals surface area contributed by atoms with E-state index < -0.39 is 41.3 Å². The van der Waals surface area contributed by atoms with Crippen LogP contribution in [0.5, 0.6) is 5.75 Å². The Labute approximate surface area is 164 Å². The summed E-state index contributed by atoms with van der Waals surface area (Å²) in [7, 11) is 0. The van der Waals surface area contributed by atoms with Gasteiger partial charge in [-0.25, -0.2) is 8.78 Å². The molecule has 153 valence electrons. The second-order valence-corrected chi connectivity index (χ2v) is 6.40. The molecule has 1 amide bonds. The zero-order valence-corrected chi connectivity index (χ0v) is 15.1. The Morgan fingerprint density at radius 2 is 2.03 bits per heavy atom. The van der Waals surface area contributed by atoms with E-state index in [1.807, 2.05) is 0 Å². The molecular formula is C20H17F4N2O3. The fraction of sp³-hybridized carbons (Fsp3) is 0.300. The number of alkyl halides is 2. The molecule has 2 aromatic rings. The van der Waals surface area contributed by atoms with E-state index in [4.69, 9.17) is 4.84 Å². The fourth-order valence-electron chi connectivity index (χ4n) is 2.46. The van der Waals surface area contributed by atoms with Gasteiger partial charge in [0.25, 0.3) is 0 Å². The molecule has 1 aliphatic carbocycles. The van der Waals surface area contributed by atoms with E-state index in [1.165, 1.54) is 0 Å². The van der Waals surface area contributed by atoms with Gasteiger partial charge in [0.2, 0.25) is 5.91 Å². The van der Waals surface area contributed by atoms with Crippen LogP contribution < -0.4 is 10.1 Å². The topological polar surface area (TPSA) is 59.9 Å². The summed E-state index contributed by atoms with van der Waals surface area (Å²) in [5.41, 5.74) is -0.224. The lowest BCUT2D eigenvalue weighted by molar-refractivity contribution is -0.119. The Balaban J connectivity index is 1.88. The number of benzene rings is 2. The lowest BCUT2D eigenvalue weighted by atomic mass is 10.1. The molecule has 0 aromatic heterocycles. The van der Waals surface area contributed by atoms with E-state index in [0.29, 0.717) is 11.6 Å². The maximum absolute atomic E-state index is 14.4. The van der Waals surface area contributed by atoms with E-state index >= 15 is 0 Å². The first-order chi connectivity index (χ1) is 13.9. The van der Waals surface area contributed by atoms with Gasteiger partial charge in [0.15, 0.2) is 17.5 Å². The third-order valence-electron chi connectivity index (χ3n) is 4.05. The normalized spacial score (nSPS) is 14.0. The summed E-state index contributed by atoms with van der Waals surface area (Å²) in [5.74, 6) is -4.42. The van der Waals surface area contributed by atoms with Crippen molar-refractivity contribution in [1.29, 1.82) is 0 Å². The quantitative estimate of drug-likeness (QED) is 0.312. The van der Waals surface area contributed by atoms with Crippen molar-refractivity contribution in [3.05, 3.63) is 65.2 Å². The molecule has 1 aliphatic rings. The van der Waals surface area contributed by atoms with Crippen LogP contribution in [0, 0.1) is 23.6 Å². The smallest absolute Gasteiger partial charge is 0.387 e. The van der Waals surface area contributed by atoms with Gasteiger partial charge in [0, 0.05) is 0 Å². The highest BCUT2D eigenvalue weighted by molar-refractivity contribution is 6.09. The van der Waals surface area contributed by atoms with Crippen molar-refractivity contribution in [3.8, 4) is 5.75 Å². The number of nitrogens with one attached hydrogen (secondary N) is 1. The average molecular weight is 409 g/mol. The standard InChI is InChI=1S/C20H17F4N2O3/c21-14-8-9-15(29-20(23)24)17(18(14)22)19(26-28-11-13-6-7-13)25-16(27)10-12-4-2-1-3-5-12/h1-4,8-9,13,20H,6-7,10-11H2,(H,25,26,27). The Hall–Kier alpha value is -3.10. The number of halogens is 4. The molecule has 0 heterocycles. The SMILES string of the molecule is O=C(Cc1[c]cccc1)N/C(=N/OCC1CC1)c1c(OC(F)F)ccc(F)c1F. The second-order valence-electron chi connectivity index (χ2n) is 6.40. The minimum absolute atomic E-state index is 0.148. The summed E-state index contributed by atoms with van der Waals surface area (Å²) >= 11 is 0. The largest absolute Gasteiger partial charge is 0.434 e. The molecule has 1 N–H and O–H groups in total. The summed E-state index contributed by atoms with van der Waals surface area (Å²) in [5, 5.41) is 5.96. The number of rotatable bonds is 8. The number of hydrogen-bond acceptors (Lipinski definition) is 4. The van der Waals surface area contributed by atoms with Crippen molar-refractivity contribution in [2.45, 2.75) is 25.9 Å². The number of amidine groups is 1. The van der Waals surface area contributed by atoms with Crippen molar-refractivity contribution in [2.75, 3.05) is 6.61 Å². The molecule has 0 spiro atoms. The van der Waals surface area contributed by atoms with Gasteiger partial charge in [-0.15, -0.1) is 0 Å². The second kappa shape index (κ2) is 9.40. The summed E-state index contributed by atoms with van der Waals surface area (Å²) in [6, 6.07) is 11.0. The monoisotopic (exact) mass is 409 g/mol. The number of hydrogen-bond donors (Lipinski definition) is 1. The summed E-state index contributed by atoms with van der Waals surface area (Å²) in [4.78, 5) is 17.5. The van der Waals surface area contributed by atoms with Gasteiger partial charge >= 0.3 is 6.61 Å². The molecule has 0 aliphatic heterocycles. The van der Waals surface area contributed by atoms with Crippen LogP contribution in [0.4, 0.5) is 17.6 Å². The molecule has 5 nitrogen and oxygen atoms in total. The van der Waals surface area contributed by atoms with E-state index in [9.17, 15) is 22.4 Å². The van der Waals surface area contributed by atoms with Crippen LogP contribution in [-0.4, -0.2) is 25.0 Å². The zero-order chi connectivity index (χ0) is 20.8. The van der Waals surface area contributed by atoms with Crippen molar-refractivity contribution >= 4 is 11.7 Å². The van der Waals surface area contributed by atoms with Crippen molar-refractivity contribution in [2.24, 2.45) is 11.1 Å². The van der Waals surface area contributed by atoms with Gasteiger partial charge in [0.05, 0.1) is 6.42 Å². The number of ether oxygens (including phenoxy) is 1. The molecule has 1 radical (unpaired) electrons. The van der Waals surface area contributed by atoms with E-state index in [0.717, 1.165) is 18.9 Å². The average Bonchev–Trinajstić information content (AvgIpc) is 3.49. The molecule has 29 heavy (non-hydrogen) atoms. The van der Waals surface area contributed by atoms with Crippen LogP contribution in [-0.2, 0) is 16.1 Å². The van der Waals surface area contributed by atoms with E-state index in [1.54, 1.807) is 24.3 Å². The predicted octanol–water partition coefficient (Wildman–Crippen LogP) is 3.81. The minimum atomic E-state index is -3.29. The first-order valence-electron chi connectivity index (χ1n) is 8.82. The van der Waals surface area contributed by atoms with Crippen molar-refractivity contribution in [3.63, 3.8) is 0 Å². The Bertz CT molecular complexity index is 887. The van der Waals surface area contributed by atoms with Crippen LogP contribution in [0.15, 0.2) is 41.6 Å². The van der Waals surface area contributed by atoms with Crippen LogP contribution in [0.2, 0.25) is 0 Å². The minimum Gasteiger partial charge on any atom is -0.434 e. The third-order valence-corrected chi connectivity index (χ3v) is 4.05. The van der Waals surface area contributed by atoms with Gasteiger partial charge in [0.1, 0.15) is 17.9 Å². The van der Waals surface area contributed by atoms with Gasteiger partial charge < -0.3 is 14.9 Å². The summed E-state index contributed by atoms with van der Waals surface area (Å²) < 4.78 is 57.9. The van der Waals surface area contributed by atoms with Gasteiger partial charge in [-0.3, -0.25) is 4.79 Å². The van der Waals surface area contributed by atoms with Crippen LogP contribution in [0.1, 0.15) is 24.0 Å². The lowest BCUT2D eigenvalue weighted by Gasteiger charge is -2.15. The van der Waals surface area contributed by atoms with Crippen LogP contribution >= 0.6 is 0 Å². The molecule has 2 aromatic carbocycles. The maximum atomic E-state index is 14.4. The highest BCUT2D eigenvalue weighted by Crippen LogP contribution is 2.29. The Kier molecular flexibility index (Phi) is 6.69. The zero-order valence-electron chi connectivity index (χ0n) is 15.1. The highest BCUT2D eigenvalue weighted by atomic mass is 19.3. The molecule has 1 fully saturated rings. The lowest BCUT2D eigenvalue weighted by Crippen LogP contribution is -2.34. The molecule has 0 bridgehead atoms.